The van der Waals surface area contributed by atoms with Crippen LogP contribution < -0.4 is 0 Å². The minimum Gasteiger partial charge on any atom is -0.467 e. The Morgan fingerprint density at radius 3 is 2.88 bits per heavy atom. The number of hydrogen-bond acceptors (Lipinski definition) is 4. The maximum atomic E-state index is 12.2. The number of carbonyl (C=O) groups is 2. The summed E-state index contributed by atoms with van der Waals surface area (Å²) in [5.74, 6) is -0.280. The number of furan rings is 1. The van der Waals surface area contributed by atoms with Gasteiger partial charge in [0.1, 0.15) is 12.4 Å². The second kappa shape index (κ2) is 7.28. The van der Waals surface area contributed by atoms with Crippen LogP contribution in [0, 0.1) is 5.92 Å². The lowest BCUT2D eigenvalue weighted by molar-refractivity contribution is -0.149. The summed E-state index contributed by atoms with van der Waals surface area (Å²) in [6.45, 7) is 0.739. The molecule has 1 aromatic carbocycles. The number of hydrogen-bond donors (Lipinski definition) is 0. The SMILES string of the molecule is O=C(OCc1ccc(Cl)cc1Cl)[C@H]1CC(=O)N(Cc2ccco2)C1. The summed E-state index contributed by atoms with van der Waals surface area (Å²) in [6, 6.07) is 8.54. The first-order chi connectivity index (χ1) is 11.5. The Hall–Kier alpha value is -1.98. The van der Waals surface area contributed by atoms with Crippen LogP contribution in [0.15, 0.2) is 41.0 Å². The van der Waals surface area contributed by atoms with E-state index in [1.54, 1.807) is 41.5 Å². The lowest BCUT2D eigenvalue weighted by atomic mass is 10.1. The molecule has 1 aromatic heterocycles. The molecule has 2 aromatic rings. The van der Waals surface area contributed by atoms with Gasteiger partial charge in [-0.25, -0.2) is 0 Å². The minimum absolute atomic E-state index is 0.0533. The first-order valence-electron chi connectivity index (χ1n) is 7.43. The largest absolute Gasteiger partial charge is 0.467 e. The fourth-order valence-electron chi connectivity index (χ4n) is 2.58. The van der Waals surface area contributed by atoms with Crippen LogP contribution in [-0.2, 0) is 27.5 Å². The zero-order valence-corrected chi connectivity index (χ0v) is 14.2. The standard InChI is InChI=1S/C17H15Cl2NO4/c18-13-4-3-11(15(19)7-13)10-24-17(22)12-6-16(21)20(8-12)9-14-2-1-5-23-14/h1-5,7,12H,6,8-10H2/t12-/m0/s1. The summed E-state index contributed by atoms with van der Waals surface area (Å²) < 4.78 is 10.5. The first-order valence-corrected chi connectivity index (χ1v) is 8.19. The molecule has 5 nitrogen and oxygen atoms in total. The van der Waals surface area contributed by atoms with Gasteiger partial charge < -0.3 is 14.1 Å². The molecule has 0 aliphatic carbocycles. The van der Waals surface area contributed by atoms with Gasteiger partial charge in [-0.05, 0) is 24.3 Å². The van der Waals surface area contributed by atoms with Crippen LogP contribution in [0.2, 0.25) is 10.0 Å². The molecule has 1 aliphatic rings. The average molecular weight is 368 g/mol. The summed E-state index contributed by atoms with van der Waals surface area (Å²) >= 11 is 11.9. The molecule has 0 saturated carbocycles. The van der Waals surface area contributed by atoms with Gasteiger partial charge in [-0.1, -0.05) is 29.3 Å². The van der Waals surface area contributed by atoms with Crippen LogP contribution >= 0.6 is 23.2 Å². The molecule has 0 spiro atoms. The lowest BCUT2D eigenvalue weighted by Crippen LogP contribution is -2.26. The Morgan fingerprint density at radius 2 is 2.17 bits per heavy atom. The van der Waals surface area contributed by atoms with Gasteiger partial charge in [-0.3, -0.25) is 9.59 Å². The van der Waals surface area contributed by atoms with Gasteiger partial charge in [0, 0.05) is 28.6 Å². The summed E-state index contributed by atoms with van der Waals surface area (Å²) in [5, 5.41) is 0.960. The number of nitrogens with zero attached hydrogens (tertiary/aromatic N) is 1. The number of benzene rings is 1. The lowest BCUT2D eigenvalue weighted by Gasteiger charge is -2.15. The van der Waals surface area contributed by atoms with Gasteiger partial charge in [0.05, 0.1) is 18.7 Å². The molecular weight excluding hydrogens is 353 g/mol. The Morgan fingerprint density at radius 1 is 1.33 bits per heavy atom. The van der Waals surface area contributed by atoms with Crippen LogP contribution in [0.5, 0.6) is 0 Å². The predicted octanol–water partition coefficient (Wildman–Crippen LogP) is 3.68. The molecule has 7 heteroatoms. The number of esters is 1. The summed E-state index contributed by atoms with van der Waals surface area (Å²) in [7, 11) is 0. The molecule has 1 amide bonds. The molecule has 24 heavy (non-hydrogen) atoms. The molecule has 2 heterocycles. The summed E-state index contributed by atoms with van der Waals surface area (Å²) in [5.41, 5.74) is 0.672. The normalized spacial score (nSPS) is 17.3. The topological polar surface area (TPSA) is 59.8 Å². The van der Waals surface area contributed by atoms with Crippen LogP contribution in [0.1, 0.15) is 17.7 Å². The zero-order chi connectivity index (χ0) is 17.1. The average Bonchev–Trinajstić information content (AvgIpc) is 3.17. The highest BCUT2D eigenvalue weighted by molar-refractivity contribution is 6.35. The van der Waals surface area contributed by atoms with E-state index >= 15 is 0 Å². The van der Waals surface area contributed by atoms with Gasteiger partial charge in [0.25, 0.3) is 0 Å². The molecule has 3 rings (SSSR count). The van der Waals surface area contributed by atoms with E-state index in [-0.39, 0.29) is 18.9 Å². The van der Waals surface area contributed by atoms with E-state index in [0.29, 0.717) is 34.5 Å². The predicted molar refractivity (Wildman–Crippen MR) is 88.5 cm³/mol. The van der Waals surface area contributed by atoms with Crippen molar-refractivity contribution in [1.29, 1.82) is 0 Å². The van der Waals surface area contributed by atoms with E-state index in [9.17, 15) is 9.59 Å². The number of rotatable bonds is 5. The zero-order valence-electron chi connectivity index (χ0n) is 12.7. The fourth-order valence-corrected chi connectivity index (χ4v) is 3.04. The van der Waals surface area contributed by atoms with Crippen LogP contribution in [-0.4, -0.2) is 23.3 Å². The van der Waals surface area contributed by atoms with Crippen molar-refractivity contribution in [2.75, 3.05) is 6.54 Å². The maximum Gasteiger partial charge on any atom is 0.311 e. The molecular formula is C17H15Cl2NO4. The van der Waals surface area contributed by atoms with Crippen LogP contribution in [0.3, 0.4) is 0 Å². The quantitative estimate of drug-likeness (QED) is 0.756. The fraction of sp³-hybridized carbons (Fsp3) is 0.294. The number of ether oxygens (including phenoxy) is 1. The molecule has 0 radical (unpaired) electrons. The second-order valence-electron chi connectivity index (χ2n) is 5.60. The van der Waals surface area contributed by atoms with E-state index in [0.717, 1.165) is 0 Å². The van der Waals surface area contributed by atoms with Crippen LogP contribution in [0.25, 0.3) is 0 Å². The van der Waals surface area contributed by atoms with E-state index in [4.69, 9.17) is 32.4 Å². The number of halogens is 2. The van der Waals surface area contributed by atoms with Gasteiger partial charge in [-0.2, -0.15) is 0 Å². The third-order valence-electron chi connectivity index (χ3n) is 3.86. The van der Waals surface area contributed by atoms with E-state index < -0.39 is 11.9 Å². The van der Waals surface area contributed by atoms with Crippen molar-refractivity contribution >= 4 is 35.1 Å². The van der Waals surface area contributed by atoms with E-state index in [2.05, 4.69) is 0 Å². The van der Waals surface area contributed by atoms with Gasteiger partial charge in [0.15, 0.2) is 0 Å². The van der Waals surface area contributed by atoms with Crippen molar-refractivity contribution in [2.45, 2.75) is 19.6 Å². The minimum atomic E-state index is -0.474. The number of amides is 1. The van der Waals surface area contributed by atoms with Gasteiger partial charge >= 0.3 is 5.97 Å². The molecule has 126 valence electrons. The van der Waals surface area contributed by atoms with Crippen molar-refractivity contribution in [1.82, 2.24) is 4.90 Å². The number of likely N-dealkylation sites (tertiary alicyclic amines) is 1. The Kier molecular flexibility index (Phi) is 5.11. The third kappa shape index (κ3) is 3.91. The highest BCUT2D eigenvalue weighted by atomic mass is 35.5. The molecule has 0 N–H and O–H groups in total. The molecule has 1 saturated heterocycles. The molecule has 1 fully saturated rings. The van der Waals surface area contributed by atoms with Crippen molar-refractivity contribution in [3.05, 3.63) is 58.0 Å². The molecule has 0 bridgehead atoms. The smallest absolute Gasteiger partial charge is 0.311 e. The van der Waals surface area contributed by atoms with E-state index in [1.807, 2.05) is 0 Å². The van der Waals surface area contributed by atoms with Crippen molar-refractivity contribution < 1.29 is 18.7 Å². The maximum absolute atomic E-state index is 12.2. The van der Waals surface area contributed by atoms with Crippen LogP contribution in [0.4, 0.5) is 0 Å². The Bertz CT molecular complexity index is 745. The monoisotopic (exact) mass is 367 g/mol. The molecule has 0 unspecified atom stereocenters. The molecule has 1 atom stereocenters. The van der Waals surface area contributed by atoms with Gasteiger partial charge in [-0.15, -0.1) is 0 Å². The van der Waals surface area contributed by atoms with Crippen molar-refractivity contribution in [3.63, 3.8) is 0 Å². The van der Waals surface area contributed by atoms with Crippen molar-refractivity contribution in [2.24, 2.45) is 5.92 Å². The highest BCUT2D eigenvalue weighted by Gasteiger charge is 2.35. The third-order valence-corrected chi connectivity index (χ3v) is 4.45. The van der Waals surface area contributed by atoms with Crippen molar-refractivity contribution in [3.8, 4) is 0 Å². The van der Waals surface area contributed by atoms with Gasteiger partial charge in [0.2, 0.25) is 5.91 Å². The molecule has 1 aliphatic heterocycles. The summed E-state index contributed by atoms with van der Waals surface area (Å²) in [6.07, 6.45) is 1.70. The Balaban J connectivity index is 1.55. The second-order valence-corrected chi connectivity index (χ2v) is 6.44. The highest BCUT2D eigenvalue weighted by Crippen LogP contribution is 2.24. The van der Waals surface area contributed by atoms with E-state index in [1.165, 1.54) is 0 Å². The Labute approximate surface area is 149 Å². The summed E-state index contributed by atoms with van der Waals surface area (Å²) in [4.78, 5) is 25.8. The number of carbonyl (C=O) groups excluding carboxylic acids is 2. The first kappa shape index (κ1) is 16.9.